The first-order valence-corrected chi connectivity index (χ1v) is 3.85. The normalized spacial score (nSPS) is 31.3. The Morgan fingerprint density at radius 3 is 2.50 bits per heavy atom. The number of carboxylic acid groups (broad SMARTS) is 1. The van der Waals surface area contributed by atoms with E-state index >= 15 is 0 Å². The maximum atomic E-state index is 10.3. The van der Waals surface area contributed by atoms with Crippen molar-refractivity contribution in [1.29, 1.82) is 0 Å². The third-order valence-corrected chi connectivity index (χ3v) is 2.72. The molecule has 0 aromatic carbocycles. The molecule has 10 heavy (non-hydrogen) atoms. The first-order valence-electron chi connectivity index (χ1n) is 2.80. The number of hydrogen-bond donors (Lipinski definition) is 2. The van der Waals surface area contributed by atoms with Crippen LogP contribution in [-0.2, 0) is 4.79 Å². The van der Waals surface area contributed by atoms with Crippen LogP contribution >= 0.6 is 24.2 Å². The number of carboxylic acids is 1. The number of thioether (sulfide) groups is 1. The van der Waals surface area contributed by atoms with E-state index in [9.17, 15) is 4.79 Å². The van der Waals surface area contributed by atoms with Crippen molar-refractivity contribution < 1.29 is 9.90 Å². The van der Waals surface area contributed by atoms with E-state index in [1.54, 1.807) is 0 Å². The van der Waals surface area contributed by atoms with Gasteiger partial charge >= 0.3 is 5.97 Å². The summed E-state index contributed by atoms with van der Waals surface area (Å²) in [6, 6.07) is 0.0936. The minimum absolute atomic E-state index is 0. The largest absolute Gasteiger partial charge is 0.480 e. The second-order valence-corrected chi connectivity index (χ2v) is 3.39. The molecule has 2 atom stereocenters. The van der Waals surface area contributed by atoms with E-state index in [0.29, 0.717) is 6.42 Å². The fraction of sp³-hybridized carbons (Fsp3) is 0.800. The van der Waals surface area contributed by atoms with Crippen LogP contribution in [0.1, 0.15) is 6.42 Å². The Hall–Kier alpha value is 0.0700. The van der Waals surface area contributed by atoms with Crippen molar-refractivity contribution in [3.63, 3.8) is 0 Å². The zero-order valence-corrected chi connectivity index (χ0v) is 6.95. The number of aliphatic carboxylic acids is 1. The van der Waals surface area contributed by atoms with Crippen LogP contribution in [0, 0.1) is 0 Å². The van der Waals surface area contributed by atoms with Crippen LogP contribution in [-0.4, -0.2) is 28.1 Å². The Morgan fingerprint density at radius 1 is 1.70 bits per heavy atom. The molecule has 3 nitrogen and oxygen atoms in total. The molecule has 3 N–H and O–H groups in total. The summed E-state index contributed by atoms with van der Waals surface area (Å²) in [7, 11) is 0. The minimum Gasteiger partial charge on any atom is -0.480 e. The van der Waals surface area contributed by atoms with Crippen LogP contribution in [0.2, 0.25) is 0 Å². The van der Waals surface area contributed by atoms with Gasteiger partial charge in [-0.05, 0) is 6.42 Å². The summed E-state index contributed by atoms with van der Waals surface area (Å²) < 4.78 is 0. The van der Waals surface area contributed by atoms with Gasteiger partial charge in [0, 0.05) is 11.8 Å². The first kappa shape index (κ1) is 10.1. The molecular weight excluding hydrogens is 174 g/mol. The first-order chi connectivity index (χ1) is 4.20. The molecule has 1 aliphatic rings. The predicted octanol–water partition coefficient (Wildman–Crippen LogP) is 0.326. The van der Waals surface area contributed by atoms with Crippen LogP contribution < -0.4 is 5.73 Å². The maximum absolute atomic E-state index is 10.3. The van der Waals surface area contributed by atoms with E-state index in [2.05, 4.69) is 0 Å². The molecular formula is C5H10ClNO2S. The molecule has 1 aliphatic heterocycles. The summed E-state index contributed by atoms with van der Waals surface area (Å²) in [4.78, 5) is 10.3. The second kappa shape index (κ2) is 4.05. The van der Waals surface area contributed by atoms with E-state index in [4.69, 9.17) is 10.8 Å². The molecule has 0 saturated carbocycles. The van der Waals surface area contributed by atoms with Crippen molar-refractivity contribution in [2.24, 2.45) is 5.73 Å². The lowest BCUT2D eigenvalue weighted by Gasteiger charge is -1.98. The Balaban J connectivity index is 0.000000810. The fourth-order valence-electron chi connectivity index (χ4n) is 0.823. The molecule has 1 heterocycles. The van der Waals surface area contributed by atoms with Gasteiger partial charge in [-0.2, -0.15) is 0 Å². The van der Waals surface area contributed by atoms with Crippen LogP contribution in [0.5, 0.6) is 0 Å². The summed E-state index contributed by atoms with van der Waals surface area (Å²) in [5.74, 6) is 0.0599. The molecule has 60 valence electrons. The van der Waals surface area contributed by atoms with Gasteiger partial charge in [0.05, 0.1) is 0 Å². The summed E-state index contributed by atoms with van der Waals surface area (Å²) in [5, 5.41) is 8.20. The Bertz CT molecular complexity index is 133. The maximum Gasteiger partial charge on any atom is 0.316 e. The number of nitrogens with two attached hydrogens (primary N) is 1. The molecule has 5 heteroatoms. The molecule has 1 saturated heterocycles. The summed E-state index contributed by atoms with van der Waals surface area (Å²) in [6.45, 7) is 0. The Morgan fingerprint density at radius 2 is 2.30 bits per heavy atom. The van der Waals surface area contributed by atoms with E-state index in [1.165, 1.54) is 11.8 Å². The number of rotatable bonds is 1. The third kappa shape index (κ3) is 2.36. The Kier molecular flexibility index (Phi) is 4.08. The molecule has 0 amide bonds. The Labute approximate surface area is 69.8 Å². The lowest BCUT2D eigenvalue weighted by Crippen LogP contribution is -2.21. The second-order valence-electron chi connectivity index (χ2n) is 2.16. The smallest absolute Gasteiger partial charge is 0.316 e. The number of carbonyl (C=O) groups is 1. The molecule has 0 unspecified atom stereocenters. The van der Waals surface area contributed by atoms with Gasteiger partial charge in [0.25, 0.3) is 0 Å². The van der Waals surface area contributed by atoms with Crippen molar-refractivity contribution in [3.05, 3.63) is 0 Å². The van der Waals surface area contributed by atoms with Gasteiger partial charge < -0.3 is 10.8 Å². The van der Waals surface area contributed by atoms with Gasteiger partial charge in [-0.1, -0.05) is 0 Å². The third-order valence-electron chi connectivity index (χ3n) is 1.30. The highest BCUT2D eigenvalue weighted by molar-refractivity contribution is 8.00. The van der Waals surface area contributed by atoms with Gasteiger partial charge in [-0.3, -0.25) is 4.79 Å². The molecule has 0 spiro atoms. The van der Waals surface area contributed by atoms with E-state index in [0.717, 1.165) is 5.75 Å². The molecule has 0 aliphatic carbocycles. The van der Waals surface area contributed by atoms with Gasteiger partial charge in [0.15, 0.2) is 0 Å². The average molecular weight is 184 g/mol. The highest BCUT2D eigenvalue weighted by Gasteiger charge is 2.27. The molecule has 0 bridgehead atoms. The SMILES string of the molecule is Cl.N[C@@H]1CS[C@H](C(=O)O)C1. The van der Waals surface area contributed by atoms with Crippen molar-refractivity contribution in [2.75, 3.05) is 5.75 Å². The highest BCUT2D eigenvalue weighted by atomic mass is 35.5. The van der Waals surface area contributed by atoms with Crippen LogP contribution in [0.3, 0.4) is 0 Å². The minimum atomic E-state index is -0.729. The summed E-state index contributed by atoms with van der Waals surface area (Å²) in [5.41, 5.74) is 5.48. The summed E-state index contributed by atoms with van der Waals surface area (Å²) in [6.07, 6.45) is 0.625. The molecule has 1 rings (SSSR count). The predicted molar refractivity (Wildman–Crippen MR) is 43.7 cm³/mol. The fourth-order valence-corrected chi connectivity index (χ4v) is 1.96. The highest BCUT2D eigenvalue weighted by Crippen LogP contribution is 2.25. The molecule has 0 radical (unpaired) electrons. The van der Waals surface area contributed by atoms with E-state index < -0.39 is 5.97 Å². The van der Waals surface area contributed by atoms with Crippen molar-refractivity contribution in [2.45, 2.75) is 17.7 Å². The molecule has 1 fully saturated rings. The van der Waals surface area contributed by atoms with Crippen molar-refractivity contribution in [3.8, 4) is 0 Å². The van der Waals surface area contributed by atoms with Crippen LogP contribution in [0.25, 0.3) is 0 Å². The zero-order valence-electron chi connectivity index (χ0n) is 5.32. The monoisotopic (exact) mass is 183 g/mol. The standard InChI is InChI=1S/C5H9NO2S.ClH/c6-3-1-4(5(7)8)9-2-3;/h3-4H,1-2,6H2,(H,7,8);1H/t3-,4-;/m0./s1. The zero-order chi connectivity index (χ0) is 6.85. The summed E-state index contributed by atoms with van der Waals surface area (Å²) >= 11 is 1.43. The quantitative estimate of drug-likeness (QED) is 0.615. The van der Waals surface area contributed by atoms with Gasteiger partial charge in [-0.15, -0.1) is 24.2 Å². The lowest BCUT2D eigenvalue weighted by molar-refractivity contribution is -0.136. The van der Waals surface area contributed by atoms with Gasteiger partial charge in [0.1, 0.15) is 5.25 Å². The van der Waals surface area contributed by atoms with Crippen molar-refractivity contribution >= 4 is 30.1 Å². The topological polar surface area (TPSA) is 63.3 Å². The van der Waals surface area contributed by atoms with Crippen molar-refractivity contribution in [1.82, 2.24) is 0 Å². The van der Waals surface area contributed by atoms with E-state index in [1.807, 2.05) is 0 Å². The van der Waals surface area contributed by atoms with E-state index in [-0.39, 0.29) is 23.7 Å². The number of halogens is 1. The average Bonchev–Trinajstić information content (AvgIpc) is 2.14. The lowest BCUT2D eigenvalue weighted by atomic mass is 10.2. The molecule has 0 aromatic rings. The molecule has 0 aromatic heterocycles. The number of hydrogen-bond acceptors (Lipinski definition) is 3. The van der Waals surface area contributed by atoms with Crippen LogP contribution in [0.15, 0.2) is 0 Å². The van der Waals surface area contributed by atoms with Gasteiger partial charge in [0.2, 0.25) is 0 Å². The van der Waals surface area contributed by atoms with Gasteiger partial charge in [-0.25, -0.2) is 0 Å². The van der Waals surface area contributed by atoms with Crippen LogP contribution in [0.4, 0.5) is 0 Å².